The molecule has 9 heteroatoms. The lowest BCUT2D eigenvalue weighted by Gasteiger charge is -2.36. The molecule has 1 saturated heterocycles. The molecule has 0 saturated carbocycles. The SMILES string of the molecule is CCNC(=NCc1cnn(-c2ccc(Cl)cc2)c1)N1CCN(CC(=O)NC(C)C)CC1. The van der Waals surface area contributed by atoms with Gasteiger partial charge in [-0.25, -0.2) is 9.67 Å². The van der Waals surface area contributed by atoms with E-state index >= 15 is 0 Å². The van der Waals surface area contributed by atoms with Crippen molar-refractivity contribution < 1.29 is 4.79 Å². The second-order valence-electron chi connectivity index (χ2n) is 7.93. The lowest BCUT2D eigenvalue weighted by molar-refractivity contribution is -0.123. The van der Waals surface area contributed by atoms with E-state index in [0.717, 1.165) is 49.9 Å². The first-order chi connectivity index (χ1) is 14.9. The van der Waals surface area contributed by atoms with Gasteiger partial charge in [-0.1, -0.05) is 11.6 Å². The number of carbonyl (C=O) groups is 1. The van der Waals surface area contributed by atoms with Crippen LogP contribution >= 0.6 is 11.6 Å². The molecule has 1 amide bonds. The van der Waals surface area contributed by atoms with Crippen LogP contribution in [-0.4, -0.2) is 76.8 Å². The molecule has 2 N–H and O–H groups in total. The Balaban J connectivity index is 1.56. The summed E-state index contributed by atoms with van der Waals surface area (Å²) >= 11 is 5.96. The van der Waals surface area contributed by atoms with Gasteiger partial charge >= 0.3 is 0 Å². The van der Waals surface area contributed by atoms with E-state index in [1.54, 1.807) is 0 Å². The normalized spacial score (nSPS) is 15.4. The van der Waals surface area contributed by atoms with Crippen LogP contribution in [0.5, 0.6) is 0 Å². The van der Waals surface area contributed by atoms with E-state index in [0.29, 0.717) is 18.1 Å². The predicted octanol–water partition coefficient (Wildman–Crippen LogP) is 2.13. The molecule has 168 valence electrons. The number of nitrogens with one attached hydrogen (secondary N) is 2. The largest absolute Gasteiger partial charge is 0.357 e. The zero-order valence-electron chi connectivity index (χ0n) is 18.5. The number of benzene rings is 1. The van der Waals surface area contributed by atoms with E-state index in [9.17, 15) is 4.79 Å². The second-order valence-corrected chi connectivity index (χ2v) is 8.36. The van der Waals surface area contributed by atoms with Gasteiger partial charge < -0.3 is 15.5 Å². The van der Waals surface area contributed by atoms with Gasteiger partial charge in [0.1, 0.15) is 0 Å². The maximum absolute atomic E-state index is 12.0. The quantitative estimate of drug-likeness (QED) is 0.504. The van der Waals surface area contributed by atoms with Gasteiger partial charge in [0.2, 0.25) is 5.91 Å². The number of carbonyl (C=O) groups excluding carboxylic acids is 1. The zero-order chi connectivity index (χ0) is 22.2. The van der Waals surface area contributed by atoms with Crippen LogP contribution in [0.25, 0.3) is 5.69 Å². The molecule has 1 aliphatic heterocycles. The van der Waals surface area contributed by atoms with Crippen LogP contribution < -0.4 is 10.6 Å². The molecule has 0 radical (unpaired) electrons. The van der Waals surface area contributed by atoms with E-state index < -0.39 is 0 Å². The van der Waals surface area contributed by atoms with Gasteiger partial charge in [-0.05, 0) is 45.0 Å². The Labute approximate surface area is 189 Å². The van der Waals surface area contributed by atoms with Crippen LogP contribution in [0.15, 0.2) is 41.7 Å². The number of aliphatic imine (C=N–C) groups is 1. The topological polar surface area (TPSA) is 77.8 Å². The fourth-order valence-electron chi connectivity index (χ4n) is 3.46. The molecular formula is C22H32ClN7O. The lowest BCUT2D eigenvalue weighted by atomic mass is 10.3. The molecule has 3 rings (SSSR count). The van der Waals surface area contributed by atoms with E-state index in [2.05, 4.69) is 32.5 Å². The van der Waals surface area contributed by atoms with Crippen LogP contribution in [0, 0.1) is 0 Å². The van der Waals surface area contributed by atoms with Gasteiger partial charge in [-0.3, -0.25) is 9.69 Å². The summed E-state index contributed by atoms with van der Waals surface area (Å²) in [7, 11) is 0. The number of amides is 1. The fraction of sp³-hybridized carbons (Fsp3) is 0.500. The van der Waals surface area contributed by atoms with Crippen LogP contribution in [-0.2, 0) is 11.3 Å². The Morgan fingerprint density at radius 3 is 2.55 bits per heavy atom. The molecule has 0 unspecified atom stereocenters. The average molecular weight is 446 g/mol. The van der Waals surface area contributed by atoms with Crippen molar-refractivity contribution in [3.05, 3.63) is 47.2 Å². The Bertz CT molecular complexity index is 870. The third-order valence-electron chi connectivity index (χ3n) is 4.96. The number of guanidine groups is 1. The van der Waals surface area contributed by atoms with Crippen molar-refractivity contribution in [3.63, 3.8) is 0 Å². The van der Waals surface area contributed by atoms with Crippen molar-refractivity contribution in [2.45, 2.75) is 33.4 Å². The minimum Gasteiger partial charge on any atom is -0.357 e. The number of hydrogen-bond acceptors (Lipinski definition) is 4. The van der Waals surface area contributed by atoms with Crippen molar-refractivity contribution in [3.8, 4) is 5.69 Å². The minimum absolute atomic E-state index is 0.0849. The van der Waals surface area contributed by atoms with Crippen LogP contribution in [0.4, 0.5) is 0 Å². The van der Waals surface area contributed by atoms with Crippen LogP contribution in [0.3, 0.4) is 0 Å². The molecule has 0 atom stereocenters. The van der Waals surface area contributed by atoms with Crippen molar-refractivity contribution >= 4 is 23.5 Å². The summed E-state index contributed by atoms with van der Waals surface area (Å²) in [6, 6.07) is 7.75. The Kier molecular flexibility index (Phi) is 8.31. The van der Waals surface area contributed by atoms with Gasteiger partial charge in [0.25, 0.3) is 0 Å². The molecule has 0 aliphatic carbocycles. The standard InChI is InChI=1S/C22H32ClN7O/c1-4-24-22(29-11-9-28(10-12-29)16-21(31)27-17(2)3)25-13-18-14-26-30(15-18)20-7-5-19(23)6-8-20/h5-8,14-15,17H,4,9-13,16H2,1-3H3,(H,24,25)(H,27,31). The van der Waals surface area contributed by atoms with Crippen molar-refractivity contribution in [2.75, 3.05) is 39.3 Å². The van der Waals surface area contributed by atoms with Crippen molar-refractivity contribution in [1.29, 1.82) is 0 Å². The molecule has 1 aliphatic rings. The first-order valence-electron chi connectivity index (χ1n) is 10.8. The summed E-state index contributed by atoms with van der Waals surface area (Å²) in [5.41, 5.74) is 2.00. The maximum atomic E-state index is 12.0. The Morgan fingerprint density at radius 1 is 1.19 bits per heavy atom. The number of nitrogens with zero attached hydrogens (tertiary/aromatic N) is 5. The van der Waals surface area contributed by atoms with E-state index in [1.807, 2.05) is 55.2 Å². The third-order valence-corrected chi connectivity index (χ3v) is 5.21. The molecule has 1 fully saturated rings. The van der Waals surface area contributed by atoms with E-state index in [1.165, 1.54) is 0 Å². The highest BCUT2D eigenvalue weighted by Gasteiger charge is 2.21. The monoisotopic (exact) mass is 445 g/mol. The number of aromatic nitrogens is 2. The first kappa shape index (κ1) is 23.1. The molecule has 2 heterocycles. The van der Waals surface area contributed by atoms with E-state index in [-0.39, 0.29) is 11.9 Å². The van der Waals surface area contributed by atoms with Crippen molar-refractivity contribution in [2.24, 2.45) is 4.99 Å². The van der Waals surface area contributed by atoms with Crippen LogP contribution in [0.2, 0.25) is 5.02 Å². The van der Waals surface area contributed by atoms with Gasteiger partial charge in [0.05, 0.1) is 25.0 Å². The molecule has 1 aromatic heterocycles. The summed E-state index contributed by atoms with van der Waals surface area (Å²) < 4.78 is 1.83. The predicted molar refractivity (Wildman–Crippen MR) is 125 cm³/mol. The summed E-state index contributed by atoms with van der Waals surface area (Å²) in [6.45, 7) is 11.2. The molecule has 1 aromatic carbocycles. The summed E-state index contributed by atoms with van der Waals surface area (Å²) in [5.74, 6) is 0.981. The average Bonchev–Trinajstić information content (AvgIpc) is 3.21. The van der Waals surface area contributed by atoms with Gasteiger partial charge in [0.15, 0.2) is 5.96 Å². The fourth-order valence-corrected chi connectivity index (χ4v) is 3.58. The lowest BCUT2D eigenvalue weighted by Crippen LogP contribution is -2.54. The molecular weight excluding hydrogens is 414 g/mol. The highest BCUT2D eigenvalue weighted by Crippen LogP contribution is 2.14. The minimum atomic E-state index is 0.0849. The van der Waals surface area contributed by atoms with Crippen molar-refractivity contribution in [1.82, 2.24) is 30.2 Å². The number of hydrogen-bond donors (Lipinski definition) is 2. The molecule has 31 heavy (non-hydrogen) atoms. The molecule has 8 nitrogen and oxygen atoms in total. The number of rotatable bonds is 7. The Morgan fingerprint density at radius 2 is 1.90 bits per heavy atom. The zero-order valence-corrected chi connectivity index (χ0v) is 19.3. The van der Waals surface area contributed by atoms with Gasteiger partial charge in [-0.2, -0.15) is 5.10 Å². The molecule has 2 aromatic rings. The summed E-state index contributed by atoms with van der Waals surface area (Å²) in [5, 5.41) is 11.5. The van der Waals surface area contributed by atoms with Crippen LogP contribution in [0.1, 0.15) is 26.3 Å². The summed E-state index contributed by atoms with van der Waals surface area (Å²) in [6.07, 6.45) is 3.83. The summed E-state index contributed by atoms with van der Waals surface area (Å²) in [4.78, 5) is 21.3. The molecule has 0 bridgehead atoms. The first-order valence-corrected chi connectivity index (χ1v) is 11.2. The van der Waals surface area contributed by atoms with Gasteiger partial charge in [-0.15, -0.1) is 0 Å². The number of piperazine rings is 1. The Hall–Kier alpha value is -2.58. The molecule has 0 spiro atoms. The smallest absolute Gasteiger partial charge is 0.234 e. The number of halogens is 1. The van der Waals surface area contributed by atoms with Gasteiger partial charge in [0, 0.05) is 55.5 Å². The second kappa shape index (κ2) is 11.2. The van der Waals surface area contributed by atoms with E-state index in [4.69, 9.17) is 16.6 Å². The highest BCUT2D eigenvalue weighted by molar-refractivity contribution is 6.30. The maximum Gasteiger partial charge on any atom is 0.234 e. The highest BCUT2D eigenvalue weighted by atomic mass is 35.5. The third kappa shape index (κ3) is 6.97.